The number of rotatable bonds is 19. The molecule has 1 aromatic rings. The minimum atomic E-state index is 0.114. The summed E-state index contributed by atoms with van der Waals surface area (Å²) in [5.74, 6) is 0.992. The van der Waals surface area contributed by atoms with E-state index in [9.17, 15) is 5.11 Å². The molecule has 0 heterocycles. The first-order valence-corrected chi connectivity index (χ1v) is 11.2. The Morgan fingerprint density at radius 3 is 1.31 bits per heavy atom. The maximum atomic E-state index is 10.3. The van der Waals surface area contributed by atoms with Gasteiger partial charge in [0.1, 0.15) is 5.75 Å². The third-order valence-electron chi connectivity index (χ3n) is 5.05. The molecule has 0 aliphatic carbocycles. The fourth-order valence-electron chi connectivity index (χ4n) is 3.39. The second-order valence-electron chi connectivity index (χ2n) is 7.52. The van der Waals surface area contributed by atoms with Crippen LogP contribution in [0.25, 0.3) is 0 Å². The smallest absolute Gasteiger partial charge is 0.119 e. The van der Waals surface area contributed by atoms with Gasteiger partial charge in [0.2, 0.25) is 0 Å². The zero-order valence-electron chi connectivity index (χ0n) is 16.9. The summed E-state index contributed by atoms with van der Waals surface area (Å²) in [5, 5.41) is 10.3. The molecule has 0 atom stereocenters. The Morgan fingerprint density at radius 2 is 0.885 bits per heavy atom. The summed E-state index contributed by atoms with van der Waals surface area (Å²) in [5.41, 5.74) is 0. The third-order valence-corrected chi connectivity index (χ3v) is 5.05. The van der Waals surface area contributed by atoms with Crippen molar-refractivity contribution < 1.29 is 9.84 Å². The van der Waals surface area contributed by atoms with Crippen molar-refractivity contribution in [3.63, 3.8) is 0 Å². The first-order valence-electron chi connectivity index (χ1n) is 11.2. The van der Waals surface area contributed by atoms with Crippen LogP contribution in [-0.2, 0) is 5.11 Å². The molecule has 0 N–H and O–H groups in total. The molecule has 2 heteroatoms. The van der Waals surface area contributed by atoms with Gasteiger partial charge in [-0.1, -0.05) is 108 Å². The summed E-state index contributed by atoms with van der Waals surface area (Å²) in [6.07, 6.45) is 21.0. The second kappa shape index (κ2) is 18.8. The molecule has 0 bridgehead atoms. The monoisotopic (exact) mass is 361 g/mol. The lowest BCUT2D eigenvalue weighted by Crippen LogP contribution is -1.96. The number of unbranched alkanes of at least 4 members (excludes halogenated alkanes) is 15. The second-order valence-corrected chi connectivity index (χ2v) is 7.52. The molecule has 149 valence electrons. The van der Waals surface area contributed by atoms with Crippen molar-refractivity contribution in [2.24, 2.45) is 0 Å². The van der Waals surface area contributed by atoms with Gasteiger partial charge in [0, 0.05) is 0 Å². The lowest BCUT2D eigenvalue weighted by atomic mass is 10.0. The molecule has 0 aromatic heterocycles. The van der Waals surface area contributed by atoms with Crippen LogP contribution in [0.3, 0.4) is 0 Å². The van der Waals surface area contributed by atoms with Crippen LogP contribution in [-0.4, -0.2) is 13.2 Å². The Hall–Kier alpha value is -1.02. The topological polar surface area (TPSA) is 29.1 Å². The van der Waals surface area contributed by atoms with Crippen LogP contribution in [0.2, 0.25) is 0 Å². The Morgan fingerprint density at radius 1 is 0.500 bits per heavy atom. The van der Waals surface area contributed by atoms with Crippen LogP contribution in [0.4, 0.5) is 0 Å². The standard InChI is InChI=1S/C24H41O2/c25-22-18-13-11-9-7-5-3-1-2-4-6-8-10-12-14-19-23-26-24-20-16-15-17-21-24/h15-17,20-21H,1-14,18-19,22-23H2. The lowest BCUT2D eigenvalue weighted by Gasteiger charge is -2.06. The highest BCUT2D eigenvalue weighted by Crippen LogP contribution is 2.14. The summed E-state index contributed by atoms with van der Waals surface area (Å²) < 4.78 is 5.72. The van der Waals surface area contributed by atoms with Crippen molar-refractivity contribution >= 4 is 0 Å². The molecule has 0 saturated carbocycles. The van der Waals surface area contributed by atoms with Crippen molar-refractivity contribution in [1.29, 1.82) is 0 Å². The van der Waals surface area contributed by atoms with Crippen molar-refractivity contribution in [3.05, 3.63) is 30.3 Å². The Kier molecular flexibility index (Phi) is 16.6. The van der Waals surface area contributed by atoms with Crippen LogP contribution in [0.5, 0.6) is 5.75 Å². The van der Waals surface area contributed by atoms with Gasteiger partial charge in [0.25, 0.3) is 0 Å². The highest BCUT2D eigenvalue weighted by Gasteiger charge is 1.96. The summed E-state index contributed by atoms with van der Waals surface area (Å²) in [7, 11) is 0. The average molecular weight is 362 g/mol. The number of ether oxygens (including phenoxy) is 1. The zero-order chi connectivity index (χ0) is 18.5. The van der Waals surface area contributed by atoms with Crippen LogP contribution >= 0.6 is 0 Å². The van der Waals surface area contributed by atoms with E-state index in [-0.39, 0.29) is 6.61 Å². The van der Waals surface area contributed by atoms with Gasteiger partial charge >= 0.3 is 0 Å². The number of hydrogen-bond acceptors (Lipinski definition) is 1. The molecule has 1 rings (SSSR count). The molecule has 0 spiro atoms. The van der Waals surface area contributed by atoms with Gasteiger partial charge in [0.15, 0.2) is 0 Å². The van der Waals surface area contributed by atoms with Crippen molar-refractivity contribution in [2.75, 3.05) is 13.2 Å². The molecule has 0 aliphatic heterocycles. The van der Waals surface area contributed by atoms with Gasteiger partial charge in [-0.25, -0.2) is 5.11 Å². The molecule has 0 unspecified atom stereocenters. The Balaban J connectivity index is 1.68. The van der Waals surface area contributed by atoms with E-state index in [2.05, 4.69) is 0 Å². The summed E-state index contributed by atoms with van der Waals surface area (Å²) in [6, 6.07) is 10.1. The minimum absolute atomic E-state index is 0.114. The predicted octanol–water partition coefficient (Wildman–Crippen LogP) is 7.74. The van der Waals surface area contributed by atoms with Crippen molar-refractivity contribution in [1.82, 2.24) is 0 Å². The van der Waals surface area contributed by atoms with Crippen LogP contribution < -0.4 is 4.74 Å². The van der Waals surface area contributed by atoms with E-state index < -0.39 is 0 Å². The molecule has 0 saturated heterocycles. The van der Waals surface area contributed by atoms with Gasteiger partial charge in [-0.3, -0.25) is 0 Å². The van der Waals surface area contributed by atoms with Crippen LogP contribution in [0.15, 0.2) is 30.3 Å². The van der Waals surface area contributed by atoms with Crippen LogP contribution in [0, 0.1) is 0 Å². The maximum absolute atomic E-state index is 10.3. The molecule has 1 radical (unpaired) electrons. The van der Waals surface area contributed by atoms with Gasteiger partial charge in [-0.2, -0.15) is 0 Å². The predicted molar refractivity (Wildman–Crippen MR) is 111 cm³/mol. The highest BCUT2D eigenvalue weighted by atomic mass is 16.5. The van der Waals surface area contributed by atoms with E-state index >= 15 is 0 Å². The van der Waals surface area contributed by atoms with E-state index in [0.29, 0.717) is 0 Å². The first kappa shape index (κ1) is 23.0. The normalized spacial score (nSPS) is 11.0. The first-order chi connectivity index (χ1) is 12.9. The molecule has 26 heavy (non-hydrogen) atoms. The summed E-state index contributed by atoms with van der Waals surface area (Å²) in [4.78, 5) is 0. The van der Waals surface area contributed by atoms with Crippen molar-refractivity contribution in [3.8, 4) is 5.75 Å². The molecule has 0 fully saturated rings. The fourth-order valence-corrected chi connectivity index (χ4v) is 3.39. The summed E-state index contributed by atoms with van der Waals surface area (Å²) >= 11 is 0. The quantitative estimate of drug-likeness (QED) is 0.232. The largest absolute Gasteiger partial charge is 0.494 e. The molecular formula is C24H41O2. The minimum Gasteiger partial charge on any atom is -0.494 e. The van der Waals surface area contributed by atoms with Gasteiger partial charge in [-0.15, -0.1) is 0 Å². The average Bonchev–Trinajstić information content (AvgIpc) is 2.68. The third kappa shape index (κ3) is 15.3. The highest BCUT2D eigenvalue weighted by molar-refractivity contribution is 5.20. The van der Waals surface area contributed by atoms with E-state index in [0.717, 1.165) is 25.2 Å². The van der Waals surface area contributed by atoms with Crippen molar-refractivity contribution in [2.45, 2.75) is 103 Å². The number of hydrogen-bond donors (Lipinski definition) is 0. The molecule has 0 aliphatic rings. The molecule has 2 nitrogen and oxygen atoms in total. The molecule has 0 amide bonds. The molecule has 1 aromatic carbocycles. The zero-order valence-corrected chi connectivity index (χ0v) is 16.9. The Bertz CT molecular complexity index is 377. The van der Waals surface area contributed by atoms with Gasteiger partial charge < -0.3 is 4.74 Å². The van der Waals surface area contributed by atoms with E-state index in [1.165, 1.54) is 89.9 Å². The molecular weight excluding hydrogens is 320 g/mol. The SMILES string of the molecule is [O]CCCCCCCCCCCCCCCCCCOc1ccccc1. The van der Waals surface area contributed by atoms with Gasteiger partial charge in [-0.05, 0) is 25.0 Å². The van der Waals surface area contributed by atoms with E-state index in [1.807, 2.05) is 30.3 Å². The fraction of sp³-hybridized carbons (Fsp3) is 0.750. The number of para-hydroxylation sites is 1. The lowest BCUT2D eigenvalue weighted by molar-refractivity contribution is 0.186. The van der Waals surface area contributed by atoms with E-state index in [1.54, 1.807) is 0 Å². The van der Waals surface area contributed by atoms with Crippen LogP contribution in [0.1, 0.15) is 103 Å². The van der Waals surface area contributed by atoms with Gasteiger partial charge in [0.05, 0.1) is 13.2 Å². The summed E-state index contributed by atoms with van der Waals surface area (Å²) in [6.45, 7) is 0.964. The number of benzene rings is 1. The maximum Gasteiger partial charge on any atom is 0.119 e. The Labute approximate surface area is 162 Å². The van der Waals surface area contributed by atoms with E-state index in [4.69, 9.17) is 4.74 Å².